The molecule has 2 nitrogen and oxygen atoms in total. The topological polar surface area (TPSA) is 21.6 Å². The van der Waals surface area contributed by atoms with Crippen LogP contribution in [-0.2, 0) is 0 Å². The van der Waals surface area contributed by atoms with Crippen molar-refractivity contribution >= 4 is 22.2 Å². The van der Waals surface area contributed by atoms with E-state index >= 15 is 0 Å². The maximum absolute atomic E-state index is 5.70. The summed E-state index contributed by atoms with van der Waals surface area (Å²) in [6.45, 7) is 6.21. The zero-order valence-electron chi connectivity index (χ0n) is 11.5. The molecule has 0 fully saturated rings. The lowest BCUT2D eigenvalue weighted by Crippen LogP contribution is -1.94. The van der Waals surface area contributed by atoms with Crippen LogP contribution in [0.25, 0.3) is 10.8 Å². The van der Waals surface area contributed by atoms with Crippen LogP contribution in [0, 0.1) is 11.8 Å². The largest absolute Gasteiger partial charge is 0.480 e. The van der Waals surface area contributed by atoms with Crippen molar-refractivity contribution in [2.24, 2.45) is 4.99 Å². The normalized spacial score (nSPS) is 9.63. The maximum atomic E-state index is 5.70. The Morgan fingerprint density at radius 2 is 1.84 bits per heavy atom. The van der Waals surface area contributed by atoms with Gasteiger partial charge in [0.2, 0.25) is 0 Å². The average molecular weight is 251 g/mol. The molecule has 0 unspecified atom stereocenters. The molecule has 0 bridgehead atoms. The van der Waals surface area contributed by atoms with Crippen LogP contribution in [0.1, 0.15) is 20.8 Å². The summed E-state index contributed by atoms with van der Waals surface area (Å²) in [6.07, 6.45) is 0. The standard InChI is InChI=1S/C17H17NO/c1-4-5-12-19-17-11-10-16(18-13(2)3)14-8-6-7-9-15(14)17/h6-11H,12H2,1-3H3. The zero-order chi connectivity index (χ0) is 13.7. The van der Waals surface area contributed by atoms with Crippen LogP contribution in [-0.4, -0.2) is 12.3 Å². The van der Waals surface area contributed by atoms with Gasteiger partial charge < -0.3 is 4.74 Å². The highest BCUT2D eigenvalue weighted by atomic mass is 16.5. The van der Waals surface area contributed by atoms with E-state index in [0.29, 0.717) is 6.61 Å². The van der Waals surface area contributed by atoms with Crippen molar-refractivity contribution in [1.82, 2.24) is 0 Å². The molecular weight excluding hydrogens is 234 g/mol. The summed E-state index contributed by atoms with van der Waals surface area (Å²) in [5.74, 6) is 6.59. The molecule has 0 saturated carbocycles. The fourth-order valence-corrected chi connectivity index (χ4v) is 1.91. The van der Waals surface area contributed by atoms with E-state index in [1.54, 1.807) is 0 Å². The number of hydrogen-bond donors (Lipinski definition) is 0. The number of benzene rings is 2. The molecule has 0 N–H and O–H groups in total. The first kappa shape index (κ1) is 13.2. The van der Waals surface area contributed by atoms with Gasteiger partial charge in [-0.1, -0.05) is 30.2 Å². The molecule has 0 atom stereocenters. The number of nitrogens with zero attached hydrogens (tertiary/aromatic N) is 1. The van der Waals surface area contributed by atoms with E-state index in [-0.39, 0.29) is 0 Å². The third-order valence-corrected chi connectivity index (χ3v) is 2.68. The predicted molar refractivity (Wildman–Crippen MR) is 81.3 cm³/mol. The van der Waals surface area contributed by atoms with E-state index < -0.39 is 0 Å². The molecule has 2 aromatic rings. The minimum Gasteiger partial charge on any atom is -0.480 e. The highest BCUT2D eigenvalue weighted by molar-refractivity contribution is 5.99. The van der Waals surface area contributed by atoms with E-state index in [4.69, 9.17) is 4.74 Å². The van der Waals surface area contributed by atoms with E-state index in [9.17, 15) is 0 Å². The minimum atomic E-state index is 0.413. The van der Waals surface area contributed by atoms with Crippen molar-refractivity contribution < 1.29 is 4.74 Å². The Hall–Kier alpha value is -2.27. The molecule has 2 heteroatoms. The van der Waals surface area contributed by atoms with E-state index in [1.807, 2.05) is 51.1 Å². The highest BCUT2D eigenvalue weighted by Gasteiger charge is 2.05. The van der Waals surface area contributed by atoms with Crippen LogP contribution < -0.4 is 4.74 Å². The summed E-state index contributed by atoms with van der Waals surface area (Å²) in [4.78, 5) is 4.56. The molecule has 0 aliphatic carbocycles. The smallest absolute Gasteiger partial charge is 0.149 e. The average Bonchev–Trinajstić information content (AvgIpc) is 2.41. The fraction of sp³-hybridized carbons (Fsp3) is 0.235. The van der Waals surface area contributed by atoms with Gasteiger partial charge in [0.25, 0.3) is 0 Å². The predicted octanol–water partition coefficient (Wildman–Crippen LogP) is 4.35. The maximum Gasteiger partial charge on any atom is 0.149 e. The van der Waals surface area contributed by atoms with E-state index in [0.717, 1.165) is 27.9 Å². The Morgan fingerprint density at radius 1 is 1.11 bits per heavy atom. The van der Waals surface area contributed by atoms with Crippen LogP contribution in [0.15, 0.2) is 41.4 Å². The second kappa shape index (κ2) is 6.06. The van der Waals surface area contributed by atoms with Gasteiger partial charge in [0, 0.05) is 16.5 Å². The molecule has 0 aliphatic heterocycles. The third-order valence-electron chi connectivity index (χ3n) is 2.68. The SMILES string of the molecule is CC#CCOc1ccc(N=C(C)C)c2ccccc12. The monoisotopic (exact) mass is 251 g/mol. The lowest BCUT2D eigenvalue weighted by atomic mass is 10.1. The molecule has 0 spiro atoms. The molecule has 19 heavy (non-hydrogen) atoms. The van der Waals surface area contributed by atoms with Crippen molar-refractivity contribution in [2.45, 2.75) is 20.8 Å². The molecule has 0 saturated heterocycles. The highest BCUT2D eigenvalue weighted by Crippen LogP contribution is 2.33. The van der Waals surface area contributed by atoms with Crippen LogP contribution in [0.5, 0.6) is 5.75 Å². The Morgan fingerprint density at radius 3 is 2.53 bits per heavy atom. The van der Waals surface area contributed by atoms with Crippen LogP contribution >= 0.6 is 0 Å². The molecule has 2 rings (SSSR count). The lowest BCUT2D eigenvalue weighted by molar-refractivity contribution is 0.375. The zero-order valence-corrected chi connectivity index (χ0v) is 11.5. The molecule has 0 radical (unpaired) electrons. The van der Waals surface area contributed by atoms with E-state index in [1.165, 1.54) is 0 Å². The molecule has 0 heterocycles. The van der Waals surface area contributed by atoms with E-state index in [2.05, 4.69) is 22.9 Å². The number of rotatable bonds is 3. The van der Waals surface area contributed by atoms with Crippen LogP contribution in [0.2, 0.25) is 0 Å². The Labute approximate surface area is 114 Å². The Balaban J connectivity index is 2.50. The lowest BCUT2D eigenvalue weighted by Gasteiger charge is -2.09. The summed E-state index contributed by atoms with van der Waals surface area (Å²) in [5.41, 5.74) is 2.01. The van der Waals surface area contributed by atoms with Gasteiger partial charge in [0.15, 0.2) is 0 Å². The van der Waals surface area contributed by atoms with Crippen LogP contribution in [0.3, 0.4) is 0 Å². The second-order valence-corrected chi connectivity index (χ2v) is 4.40. The molecule has 0 amide bonds. The summed E-state index contributed by atoms with van der Waals surface area (Å²) in [5, 5.41) is 2.17. The van der Waals surface area contributed by atoms with Gasteiger partial charge >= 0.3 is 0 Å². The Bertz CT molecular complexity index is 670. The summed E-state index contributed by atoms with van der Waals surface area (Å²) >= 11 is 0. The van der Waals surface area contributed by atoms with Crippen molar-refractivity contribution in [2.75, 3.05) is 6.61 Å². The van der Waals surface area contributed by atoms with Crippen molar-refractivity contribution in [3.05, 3.63) is 36.4 Å². The molecule has 0 aromatic heterocycles. The van der Waals surface area contributed by atoms with Gasteiger partial charge in [-0.15, -0.1) is 5.92 Å². The first-order chi connectivity index (χ1) is 9.22. The first-order valence-corrected chi connectivity index (χ1v) is 6.28. The molecule has 96 valence electrons. The van der Waals surface area contributed by atoms with Crippen molar-refractivity contribution in [3.8, 4) is 17.6 Å². The summed E-state index contributed by atoms with van der Waals surface area (Å²) in [7, 11) is 0. The summed E-state index contributed by atoms with van der Waals surface area (Å²) < 4.78 is 5.70. The molecule has 0 aliphatic rings. The number of ether oxygens (including phenoxy) is 1. The summed E-state index contributed by atoms with van der Waals surface area (Å²) in [6, 6.07) is 12.1. The molecule has 2 aromatic carbocycles. The third kappa shape index (κ3) is 3.14. The second-order valence-electron chi connectivity index (χ2n) is 4.40. The number of aliphatic imine (C=N–C) groups is 1. The first-order valence-electron chi connectivity index (χ1n) is 6.28. The fourth-order valence-electron chi connectivity index (χ4n) is 1.91. The van der Waals surface area contributed by atoms with Gasteiger partial charge in [0.05, 0.1) is 5.69 Å². The van der Waals surface area contributed by atoms with Gasteiger partial charge in [-0.05, 0) is 32.9 Å². The minimum absolute atomic E-state index is 0.413. The number of fused-ring (bicyclic) bond motifs is 1. The van der Waals surface area contributed by atoms with Crippen LogP contribution in [0.4, 0.5) is 5.69 Å². The van der Waals surface area contributed by atoms with Crippen molar-refractivity contribution in [1.29, 1.82) is 0 Å². The molecular formula is C17H17NO. The Kier molecular flexibility index (Phi) is 4.20. The van der Waals surface area contributed by atoms with Gasteiger partial charge in [0.1, 0.15) is 12.4 Å². The number of hydrogen-bond acceptors (Lipinski definition) is 2. The van der Waals surface area contributed by atoms with Gasteiger partial charge in [-0.3, -0.25) is 4.99 Å². The van der Waals surface area contributed by atoms with Crippen molar-refractivity contribution in [3.63, 3.8) is 0 Å². The van der Waals surface area contributed by atoms with Gasteiger partial charge in [-0.25, -0.2) is 0 Å². The quantitative estimate of drug-likeness (QED) is 0.587. The van der Waals surface area contributed by atoms with Gasteiger partial charge in [-0.2, -0.15) is 0 Å².